The van der Waals surface area contributed by atoms with Crippen LogP contribution in [-0.4, -0.2) is 29.1 Å². The first kappa shape index (κ1) is 17.8. The number of alkyl halides is 1. The topological polar surface area (TPSA) is 40.5 Å². The van der Waals surface area contributed by atoms with Crippen LogP contribution >= 0.6 is 0 Å². The van der Waals surface area contributed by atoms with Crippen LogP contribution in [0.1, 0.15) is 77.6 Å². The van der Waals surface area contributed by atoms with Gasteiger partial charge in [-0.25, -0.2) is 0 Å². The van der Waals surface area contributed by atoms with Crippen molar-refractivity contribution in [1.82, 2.24) is 0 Å². The van der Waals surface area contributed by atoms with Crippen molar-refractivity contribution in [1.29, 1.82) is 0 Å². The molecule has 0 aliphatic carbocycles. The minimum Gasteiger partial charge on any atom is -0.390 e. The van der Waals surface area contributed by atoms with Crippen molar-refractivity contribution in [2.45, 2.75) is 89.8 Å². The van der Waals surface area contributed by atoms with Gasteiger partial charge < -0.3 is 10.2 Å². The molecule has 0 saturated heterocycles. The van der Waals surface area contributed by atoms with Crippen LogP contribution in [0, 0.1) is 0 Å². The van der Waals surface area contributed by atoms with E-state index in [4.69, 9.17) is 0 Å². The highest BCUT2D eigenvalue weighted by Crippen LogP contribution is 2.13. The minimum atomic E-state index is -0.885. The van der Waals surface area contributed by atoms with Crippen molar-refractivity contribution in [2.24, 2.45) is 0 Å². The summed E-state index contributed by atoms with van der Waals surface area (Å²) in [6.45, 7) is 1.67. The fraction of sp³-hybridized carbons (Fsp3) is 1.00. The summed E-state index contributed by atoms with van der Waals surface area (Å²) in [5, 5.41) is 18.9. The molecule has 3 heteroatoms. The minimum absolute atomic E-state index is 0.0542. The molecule has 0 rings (SSSR count). The van der Waals surface area contributed by atoms with E-state index in [0.29, 0.717) is 6.42 Å². The summed E-state index contributed by atoms with van der Waals surface area (Å²) in [6, 6.07) is 0. The van der Waals surface area contributed by atoms with Crippen molar-refractivity contribution < 1.29 is 14.6 Å². The normalized spacial score (nSPS) is 14.7. The van der Waals surface area contributed by atoms with Crippen LogP contribution in [0.25, 0.3) is 0 Å². The number of aliphatic hydroxyl groups excluding tert-OH is 2. The zero-order valence-corrected chi connectivity index (χ0v) is 11.9. The molecule has 0 radical (unpaired) electrons. The third-order valence-corrected chi connectivity index (χ3v) is 3.45. The Hall–Kier alpha value is -0.150. The number of hydrogen-bond acceptors (Lipinski definition) is 2. The number of unbranched alkanes of at least 4 members (excludes halogenated alkanes) is 8. The summed E-state index contributed by atoms with van der Waals surface area (Å²) < 4.78 is 11.9. The maximum Gasteiger partial charge on any atom is 0.0920 e. The molecule has 2 N–H and O–H groups in total. The van der Waals surface area contributed by atoms with Gasteiger partial charge in [0.1, 0.15) is 0 Å². The summed E-state index contributed by atoms with van der Waals surface area (Å²) in [6.07, 6.45) is 10.2. The molecule has 0 heterocycles. The van der Waals surface area contributed by atoms with Crippen LogP contribution in [0.15, 0.2) is 0 Å². The summed E-state index contributed by atoms with van der Waals surface area (Å²) in [4.78, 5) is 0. The van der Waals surface area contributed by atoms with Gasteiger partial charge in [0.15, 0.2) is 0 Å². The predicted molar refractivity (Wildman–Crippen MR) is 74.4 cm³/mol. The van der Waals surface area contributed by atoms with Crippen LogP contribution in [-0.2, 0) is 0 Å². The second kappa shape index (κ2) is 13.3. The smallest absolute Gasteiger partial charge is 0.0920 e. The maximum atomic E-state index is 11.9. The van der Waals surface area contributed by atoms with Crippen molar-refractivity contribution in [3.8, 4) is 0 Å². The standard InChI is InChI=1S/C15H31FO2/c1-2-3-4-5-6-7-8-9-10-11-14(17)15(18)12-13-16/h14-15,17-18H,2-13H2,1H3. The lowest BCUT2D eigenvalue weighted by Gasteiger charge is -2.16. The molecule has 110 valence electrons. The van der Waals surface area contributed by atoms with E-state index in [1.807, 2.05) is 0 Å². The van der Waals surface area contributed by atoms with Crippen LogP contribution < -0.4 is 0 Å². The van der Waals surface area contributed by atoms with Gasteiger partial charge in [0.05, 0.1) is 18.9 Å². The second-order valence-electron chi connectivity index (χ2n) is 5.23. The third kappa shape index (κ3) is 11.0. The van der Waals surface area contributed by atoms with E-state index in [1.165, 1.54) is 44.9 Å². The molecule has 0 aromatic rings. The van der Waals surface area contributed by atoms with Gasteiger partial charge in [-0.05, 0) is 6.42 Å². The number of halogens is 1. The molecule has 0 fully saturated rings. The Labute approximate surface area is 112 Å². The number of aliphatic hydroxyl groups is 2. The SMILES string of the molecule is CCCCCCCCCCCC(O)C(O)CCF. The van der Waals surface area contributed by atoms with Gasteiger partial charge in [0.2, 0.25) is 0 Å². The summed E-state index contributed by atoms with van der Waals surface area (Å²) >= 11 is 0. The molecule has 0 aliphatic heterocycles. The van der Waals surface area contributed by atoms with Crippen molar-refractivity contribution in [3.63, 3.8) is 0 Å². The highest BCUT2D eigenvalue weighted by molar-refractivity contribution is 4.66. The first-order valence-electron chi connectivity index (χ1n) is 7.64. The van der Waals surface area contributed by atoms with E-state index < -0.39 is 18.9 Å². The molecule has 2 atom stereocenters. The summed E-state index contributed by atoms with van der Waals surface area (Å²) in [5.74, 6) is 0. The van der Waals surface area contributed by atoms with E-state index in [2.05, 4.69) is 6.92 Å². The van der Waals surface area contributed by atoms with Crippen LogP contribution in [0.5, 0.6) is 0 Å². The Morgan fingerprint density at radius 2 is 1.17 bits per heavy atom. The number of rotatable bonds is 13. The Kier molecular flexibility index (Phi) is 13.2. The molecule has 2 unspecified atom stereocenters. The van der Waals surface area contributed by atoms with Crippen LogP contribution in [0.2, 0.25) is 0 Å². The lowest BCUT2D eigenvalue weighted by Crippen LogP contribution is -2.26. The van der Waals surface area contributed by atoms with Gasteiger partial charge in [-0.2, -0.15) is 0 Å². The maximum absolute atomic E-state index is 11.9. The molecule has 0 saturated carbocycles. The molecule has 0 aromatic carbocycles. The van der Waals surface area contributed by atoms with Crippen molar-refractivity contribution in [2.75, 3.05) is 6.67 Å². The van der Waals surface area contributed by atoms with E-state index in [0.717, 1.165) is 12.8 Å². The van der Waals surface area contributed by atoms with E-state index >= 15 is 0 Å². The van der Waals surface area contributed by atoms with Crippen LogP contribution in [0.3, 0.4) is 0 Å². The van der Waals surface area contributed by atoms with Gasteiger partial charge in [-0.1, -0.05) is 64.7 Å². The lowest BCUT2D eigenvalue weighted by molar-refractivity contribution is 0.00520. The molecule has 0 amide bonds. The quantitative estimate of drug-likeness (QED) is 0.493. The zero-order chi connectivity index (χ0) is 13.6. The molecular weight excluding hydrogens is 231 g/mol. The second-order valence-corrected chi connectivity index (χ2v) is 5.23. The molecule has 0 aromatic heterocycles. The van der Waals surface area contributed by atoms with Crippen molar-refractivity contribution in [3.05, 3.63) is 0 Å². The van der Waals surface area contributed by atoms with Gasteiger partial charge in [-0.15, -0.1) is 0 Å². The summed E-state index contributed by atoms with van der Waals surface area (Å²) in [7, 11) is 0. The molecule has 0 aliphatic rings. The highest BCUT2D eigenvalue weighted by Gasteiger charge is 2.14. The summed E-state index contributed by atoms with van der Waals surface area (Å²) in [5.41, 5.74) is 0. The molecule has 0 spiro atoms. The highest BCUT2D eigenvalue weighted by atomic mass is 19.1. The molecule has 2 nitrogen and oxygen atoms in total. The monoisotopic (exact) mass is 262 g/mol. The molecular formula is C15H31FO2. The van der Waals surface area contributed by atoms with Gasteiger partial charge in [0, 0.05) is 6.42 Å². The third-order valence-electron chi connectivity index (χ3n) is 3.45. The lowest BCUT2D eigenvalue weighted by atomic mass is 10.0. The Bertz CT molecular complexity index is 165. The average molecular weight is 262 g/mol. The predicted octanol–water partition coefficient (Wildman–Crippen LogP) is 3.99. The van der Waals surface area contributed by atoms with E-state index in [-0.39, 0.29) is 6.42 Å². The Balaban J connectivity index is 3.19. The largest absolute Gasteiger partial charge is 0.390 e. The fourth-order valence-electron chi connectivity index (χ4n) is 2.16. The zero-order valence-electron chi connectivity index (χ0n) is 11.9. The molecule has 18 heavy (non-hydrogen) atoms. The van der Waals surface area contributed by atoms with Gasteiger partial charge in [-0.3, -0.25) is 4.39 Å². The first-order chi connectivity index (χ1) is 8.72. The molecule has 0 bridgehead atoms. The van der Waals surface area contributed by atoms with E-state index in [9.17, 15) is 14.6 Å². The average Bonchev–Trinajstić information content (AvgIpc) is 2.36. The fourth-order valence-corrected chi connectivity index (χ4v) is 2.16. The first-order valence-corrected chi connectivity index (χ1v) is 7.64. The van der Waals surface area contributed by atoms with Gasteiger partial charge >= 0.3 is 0 Å². The van der Waals surface area contributed by atoms with Gasteiger partial charge in [0.25, 0.3) is 0 Å². The van der Waals surface area contributed by atoms with E-state index in [1.54, 1.807) is 0 Å². The Morgan fingerprint density at radius 3 is 1.67 bits per heavy atom. The van der Waals surface area contributed by atoms with Crippen LogP contribution in [0.4, 0.5) is 4.39 Å². The Morgan fingerprint density at radius 1 is 0.722 bits per heavy atom. The van der Waals surface area contributed by atoms with Crippen molar-refractivity contribution >= 4 is 0 Å². The number of hydrogen-bond donors (Lipinski definition) is 2.